The molecule has 0 heterocycles. The van der Waals surface area contributed by atoms with Crippen LogP contribution in [-0.2, 0) is 31.4 Å². The SMILES string of the molecule is COC(=O)[C@@H](NC(=O)[C@@H](CSCc1ccccc1)NC(=O)OCc1ccccc1)C(C)C. The minimum atomic E-state index is -0.877. The van der Waals surface area contributed by atoms with Gasteiger partial charge in [0.25, 0.3) is 0 Å². The van der Waals surface area contributed by atoms with Crippen LogP contribution in [-0.4, -0.2) is 42.9 Å². The van der Waals surface area contributed by atoms with Gasteiger partial charge in [-0.05, 0) is 17.0 Å². The molecule has 0 radical (unpaired) electrons. The molecule has 32 heavy (non-hydrogen) atoms. The molecule has 0 unspecified atom stereocenters. The van der Waals surface area contributed by atoms with Gasteiger partial charge in [0, 0.05) is 11.5 Å². The van der Waals surface area contributed by atoms with Crippen molar-refractivity contribution in [2.75, 3.05) is 12.9 Å². The zero-order valence-corrected chi connectivity index (χ0v) is 19.4. The van der Waals surface area contributed by atoms with E-state index in [0.717, 1.165) is 11.1 Å². The second-order valence-electron chi connectivity index (χ2n) is 7.51. The van der Waals surface area contributed by atoms with E-state index in [1.807, 2.05) is 74.5 Å². The fourth-order valence-electron chi connectivity index (χ4n) is 2.84. The van der Waals surface area contributed by atoms with Crippen LogP contribution >= 0.6 is 11.8 Å². The van der Waals surface area contributed by atoms with Crippen LogP contribution in [0.5, 0.6) is 0 Å². The van der Waals surface area contributed by atoms with Gasteiger partial charge < -0.3 is 20.1 Å². The fourth-order valence-corrected chi connectivity index (χ4v) is 3.85. The maximum absolute atomic E-state index is 12.9. The first-order valence-electron chi connectivity index (χ1n) is 10.4. The topological polar surface area (TPSA) is 93.7 Å². The number of amides is 2. The summed E-state index contributed by atoms with van der Waals surface area (Å²) in [5.41, 5.74) is 1.95. The lowest BCUT2D eigenvalue weighted by Gasteiger charge is -2.24. The van der Waals surface area contributed by atoms with E-state index in [1.54, 1.807) is 0 Å². The first-order valence-corrected chi connectivity index (χ1v) is 11.5. The number of rotatable bonds is 11. The molecule has 2 amide bonds. The van der Waals surface area contributed by atoms with Crippen LogP contribution in [0.1, 0.15) is 25.0 Å². The monoisotopic (exact) mass is 458 g/mol. The highest BCUT2D eigenvalue weighted by atomic mass is 32.2. The average molecular weight is 459 g/mol. The Bertz CT molecular complexity index is 861. The van der Waals surface area contributed by atoms with Gasteiger partial charge in [0.2, 0.25) is 5.91 Å². The molecule has 0 aliphatic heterocycles. The second-order valence-corrected chi connectivity index (χ2v) is 8.54. The highest BCUT2D eigenvalue weighted by molar-refractivity contribution is 7.98. The largest absolute Gasteiger partial charge is 0.467 e. The Morgan fingerprint density at radius 1 is 0.906 bits per heavy atom. The molecule has 7 nitrogen and oxygen atoms in total. The normalized spacial score (nSPS) is 12.5. The lowest BCUT2D eigenvalue weighted by atomic mass is 10.0. The maximum atomic E-state index is 12.9. The van der Waals surface area contributed by atoms with Crippen LogP contribution in [0.25, 0.3) is 0 Å². The van der Waals surface area contributed by atoms with Gasteiger partial charge in [-0.25, -0.2) is 9.59 Å². The highest BCUT2D eigenvalue weighted by Crippen LogP contribution is 2.14. The summed E-state index contributed by atoms with van der Waals surface area (Å²) in [7, 11) is 1.27. The Morgan fingerprint density at radius 2 is 1.50 bits per heavy atom. The smallest absolute Gasteiger partial charge is 0.408 e. The number of carbonyl (C=O) groups is 3. The molecule has 2 aromatic carbocycles. The van der Waals surface area contributed by atoms with Gasteiger partial charge in [0.15, 0.2) is 0 Å². The first-order chi connectivity index (χ1) is 15.4. The molecule has 0 aliphatic carbocycles. The number of hydrogen-bond donors (Lipinski definition) is 2. The molecule has 0 aromatic heterocycles. The van der Waals surface area contributed by atoms with Crippen LogP contribution < -0.4 is 10.6 Å². The molecule has 8 heteroatoms. The van der Waals surface area contributed by atoms with Crippen molar-refractivity contribution in [1.29, 1.82) is 0 Å². The molecule has 0 saturated carbocycles. The average Bonchev–Trinajstić information content (AvgIpc) is 2.81. The van der Waals surface area contributed by atoms with Crippen molar-refractivity contribution in [3.05, 3.63) is 71.8 Å². The minimum absolute atomic E-state index is 0.0922. The third-order valence-electron chi connectivity index (χ3n) is 4.64. The van der Waals surface area contributed by atoms with E-state index in [-0.39, 0.29) is 12.5 Å². The number of thioether (sulfide) groups is 1. The number of hydrogen-bond acceptors (Lipinski definition) is 6. The summed E-state index contributed by atoms with van der Waals surface area (Å²) in [6.45, 7) is 3.71. The highest BCUT2D eigenvalue weighted by Gasteiger charge is 2.29. The summed E-state index contributed by atoms with van der Waals surface area (Å²) >= 11 is 1.50. The van der Waals surface area contributed by atoms with E-state index in [2.05, 4.69) is 10.6 Å². The summed E-state index contributed by atoms with van der Waals surface area (Å²) < 4.78 is 10.1. The zero-order chi connectivity index (χ0) is 23.3. The van der Waals surface area contributed by atoms with Crippen molar-refractivity contribution >= 4 is 29.7 Å². The number of carbonyl (C=O) groups excluding carboxylic acids is 3. The van der Waals surface area contributed by atoms with Crippen molar-refractivity contribution in [3.63, 3.8) is 0 Å². The van der Waals surface area contributed by atoms with Crippen molar-refractivity contribution in [1.82, 2.24) is 10.6 Å². The van der Waals surface area contributed by atoms with Crippen molar-refractivity contribution in [2.24, 2.45) is 5.92 Å². The van der Waals surface area contributed by atoms with Gasteiger partial charge in [0.05, 0.1) is 7.11 Å². The van der Waals surface area contributed by atoms with Gasteiger partial charge in [0.1, 0.15) is 18.7 Å². The lowest BCUT2D eigenvalue weighted by molar-refractivity contribution is -0.146. The van der Waals surface area contributed by atoms with Gasteiger partial charge in [-0.15, -0.1) is 0 Å². The summed E-state index contributed by atoms with van der Waals surface area (Å²) in [6, 6.07) is 17.4. The molecule has 2 N–H and O–H groups in total. The Labute approximate surface area is 193 Å². The van der Waals surface area contributed by atoms with E-state index in [4.69, 9.17) is 9.47 Å². The maximum Gasteiger partial charge on any atom is 0.408 e. The lowest BCUT2D eigenvalue weighted by Crippen LogP contribution is -2.54. The predicted octanol–water partition coefficient (Wildman–Crippen LogP) is 3.53. The molecule has 172 valence electrons. The Kier molecular flexibility index (Phi) is 10.6. The number of benzene rings is 2. The number of ether oxygens (including phenoxy) is 2. The fraction of sp³-hybridized carbons (Fsp3) is 0.375. The van der Waals surface area contributed by atoms with Crippen LogP contribution in [0.3, 0.4) is 0 Å². The zero-order valence-electron chi connectivity index (χ0n) is 18.6. The van der Waals surface area contributed by atoms with Crippen LogP contribution in [0.2, 0.25) is 0 Å². The van der Waals surface area contributed by atoms with E-state index >= 15 is 0 Å². The second kappa shape index (κ2) is 13.4. The molecule has 0 bridgehead atoms. The molecular formula is C24H30N2O5S. The molecule has 0 fully saturated rings. The minimum Gasteiger partial charge on any atom is -0.467 e. The summed E-state index contributed by atoms with van der Waals surface area (Å²) in [4.78, 5) is 37.3. The molecule has 0 aliphatic rings. The van der Waals surface area contributed by atoms with Crippen molar-refractivity contribution in [3.8, 4) is 0 Å². The molecule has 2 aromatic rings. The first kappa shape index (κ1) is 25.3. The predicted molar refractivity (Wildman–Crippen MR) is 125 cm³/mol. The summed E-state index contributed by atoms with van der Waals surface area (Å²) in [6.07, 6.45) is -0.700. The molecule has 0 saturated heterocycles. The van der Waals surface area contributed by atoms with Gasteiger partial charge in [-0.3, -0.25) is 4.79 Å². The van der Waals surface area contributed by atoms with Crippen molar-refractivity contribution in [2.45, 2.75) is 38.3 Å². The molecule has 0 spiro atoms. The van der Waals surface area contributed by atoms with E-state index in [0.29, 0.717) is 11.5 Å². The number of esters is 1. The number of alkyl carbamates (subject to hydrolysis) is 1. The van der Waals surface area contributed by atoms with E-state index < -0.39 is 30.1 Å². The number of methoxy groups -OCH3 is 1. The summed E-state index contributed by atoms with van der Waals surface area (Å²) in [5.74, 6) is -0.181. The molecule has 2 atom stereocenters. The van der Waals surface area contributed by atoms with E-state index in [9.17, 15) is 14.4 Å². The van der Waals surface area contributed by atoms with E-state index in [1.165, 1.54) is 18.9 Å². The Hall–Kier alpha value is -3.00. The summed E-state index contributed by atoms with van der Waals surface area (Å²) in [5, 5.41) is 5.33. The third-order valence-corrected chi connectivity index (χ3v) is 5.74. The Morgan fingerprint density at radius 3 is 2.06 bits per heavy atom. The van der Waals surface area contributed by atoms with Crippen LogP contribution in [0.15, 0.2) is 60.7 Å². The van der Waals surface area contributed by atoms with Gasteiger partial charge in [-0.2, -0.15) is 11.8 Å². The van der Waals surface area contributed by atoms with Gasteiger partial charge >= 0.3 is 12.1 Å². The van der Waals surface area contributed by atoms with Crippen molar-refractivity contribution < 1.29 is 23.9 Å². The van der Waals surface area contributed by atoms with Gasteiger partial charge in [-0.1, -0.05) is 74.5 Å². The quantitative estimate of drug-likeness (QED) is 0.501. The molecule has 2 rings (SSSR count). The Balaban J connectivity index is 2.00. The van der Waals surface area contributed by atoms with Crippen LogP contribution in [0, 0.1) is 5.92 Å². The van der Waals surface area contributed by atoms with Crippen LogP contribution in [0.4, 0.5) is 4.79 Å². The standard InChI is InChI=1S/C24H30N2O5S/c1-17(2)21(23(28)30-3)26-22(27)20(16-32-15-19-12-8-5-9-13-19)25-24(29)31-14-18-10-6-4-7-11-18/h4-13,17,20-21H,14-16H2,1-3H3,(H,25,29)(H,26,27)/t20-,21+/m1/s1. The third kappa shape index (κ3) is 8.63. The number of nitrogens with one attached hydrogen (secondary N) is 2. The molecular weight excluding hydrogens is 428 g/mol.